The van der Waals surface area contributed by atoms with Crippen LogP contribution in [0.25, 0.3) is 0 Å². The van der Waals surface area contributed by atoms with Crippen LogP contribution in [0.1, 0.15) is 0 Å². The van der Waals surface area contributed by atoms with E-state index in [9.17, 15) is 0 Å². The summed E-state index contributed by atoms with van der Waals surface area (Å²) in [6, 6.07) is 5.10. The third-order valence-corrected chi connectivity index (χ3v) is 0.837. The van der Waals surface area contributed by atoms with E-state index in [0.29, 0.717) is 8.96 Å². The highest BCUT2D eigenvalue weighted by Crippen LogP contribution is 1.28. The Morgan fingerprint density at radius 1 is 2.00 bits per heavy atom. The normalized spacial score (nSPS) is 6.40. The average Bonchev–Trinajstić information content (AvgIpc) is 1.41. The highest BCUT2D eigenvalue weighted by Gasteiger charge is 1.57. The molecule has 0 heterocycles. The maximum atomic E-state index is 5.10. The first-order valence-corrected chi connectivity index (χ1v) is 2.78. The molecule has 0 spiro atoms. The fourth-order valence-corrected chi connectivity index (χ4v) is 0.306. The summed E-state index contributed by atoms with van der Waals surface area (Å²) in [5.41, 5.74) is 0. The Kier molecular flexibility index (Phi) is 3.92. The van der Waals surface area contributed by atoms with Crippen LogP contribution in [-0.2, 0) is 0 Å². The van der Waals surface area contributed by atoms with Crippen molar-refractivity contribution in [2.75, 3.05) is 13.2 Å². The van der Waals surface area contributed by atoms with E-state index in [1.165, 1.54) is 0 Å². The molecular weight excluding hydrogens is 78.1 g/mol. The predicted octanol–water partition coefficient (Wildman–Crippen LogP) is -0.544. The molecule has 0 radical (unpaired) electrons. The van der Waals surface area contributed by atoms with Crippen molar-refractivity contribution in [3.8, 4) is 6.00 Å². The Hall–Kier alpha value is -0.0431. The molecule has 28 valence electrons. The first-order valence-electron chi connectivity index (χ1n) is 1.50. The molecule has 0 atom stereocenters. The standard InChI is InChI=1S/C3H7NSi/c1-4-3-5-2/h2,4H,3H2,1H3. The zero-order valence-electron chi connectivity index (χ0n) is 3.28. The second kappa shape index (κ2) is 3.96. The Morgan fingerprint density at radius 2 is 2.60 bits per heavy atom. The van der Waals surface area contributed by atoms with Crippen LogP contribution in [0.5, 0.6) is 0 Å². The zero-order valence-corrected chi connectivity index (χ0v) is 4.28. The third kappa shape index (κ3) is 3.96. The molecule has 0 unspecified atom stereocenters. The summed E-state index contributed by atoms with van der Waals surface area (Å²) in [7, 11) is 2.44. The quantitative estimate of drug-likeness (QED) is 0.421. The smallest absolute Gasteiger partial charge is 0.0336 e. The van der Waals surface area contributed by atoms with Crippen LogP contribution < -0.4 is 5.32 Å². The van der Waals surface area contributed by atoms with Crippen molar-refractivity contribution < 1.29 is 0 Å². The first kappa shape index (κ1) is 4.96. The van der Waals surface area contributed by atoms with Crippen molar-refractivity contribution in [1.29, 1.82) is 0 Å². The van der Waals surface area contributed by atoms with Crippen LogP contribution in [0.3, 0.4) is 0 Å². The minimum atomic E-state index is 0.547. The van der Waals surface area contributed by atoms with E-state index < -0.39 is 0 Å². The van der Waals surface area contributed by atoms with Crippen molar-refractivity contribution in [3.63, 3.8) is 0 Å². The van der Waals surface area contributed by atoms with Gasteiger partial charge in [-0.1, -0.05) is 0 Å². The predicted molar refractivity (Wildman–Crippen MR) is 24.6 cm³/mol. The molecule has 0 bridgehead atoms. The van der Waals surface area contributed by atoms with Gasteiger partial charge in [0.25, 0.3) is 0 Å². The van der Waals surface area contributed by atoms with Crippen molar-refractivity contribution in [3.05, 3.63) is 0 Å². The maximum absolute atomic E-state index is 5.10. The van der Waals surface area contributed by atoms with Gasteiger partial charge in [-0.05, 0) is 16.0 Å². The molecule has 0 saturated carbocycles. The van der Waals surface area contributed by atoms with Gasteiger partial charge in [-0.2, -0.15) is 6.00 Å². The lowest BCUT2D eigenvalue weighted by atomic mass is 11.3. The molecule has 0 aromatic heterocycles. The summed E-state index contributed by atoms with van der Waals surface area (Å²) in [6.07, 6.45) is 0.944. The van der Waals surface area contributed by atoms with Gasteiger partial charge in [0, 0.05) is 6.17 Å². The first-order chi connectivity index (χ1) is 2.41. The van der Waals surface area contributed by atoms with E-state index in [1.807, 2.05) is 7.05 Å². The molecule has 1 N–H and O–H groups in total. The van der Waals surface area contributed by atoms with E-state index in [2.05, 4.69) is 5.32 Å². The van der Waals surface area contributed by atoms with Gasteiger partial charge in [-0.3, -0.25) is 0 Å². The van der Waals surface area contributed by atoms with Gasteiger partial charge >= 0.3 is 0 Å². The van der Waals surface area contributed by atoms with E-state index in [-0.39, 0.29) is 0 Å². The van der Waals surface area contributed by atoms with Crippen LogP contribution in [0.4, 0.5) is 0 Å². The van der Waals surface area contributed by atoms with Crippen LogP contribution in [0.15, 0.2) is 0 Å². The largest absolute Gasteiger partial charge is 0.314 e. The molecule has 0 aliphatic rings. The van der Waals surface area contributed by atoms with Gasteiger partial charge in [-0.25, -0.2) is 0 Å². The summed E-state index contributed by atoms with van der Waals surface area (Å²) in [4.78, 5) is 0. The van der Waals surface area contributed by atoms with Crippen molar-refractivity contribution in [2.45, 2.75) is 0 Å². The molecule has 0 fully saturated rings. The van der Waals surface area contributed by atoms with Gasteiger partial charge in [-0.15, -0.1) is 0 Å². The molecule has 0 amide bonds. The number of rotatable bonds is 1. The Morgan fingerprint density at radius 3 is 2.60 bits per heavy atom. The molecular formula is C3H7NSi. The Labute approximate surface area is 34.5 Å². The molecule has 0 saturated heterocycles. The van der Waals surface area contributed by atoms with Gasteiger partial charge in [0.15, 0.2) is 0 Å². The van der Waals surface area contributed by atoms with E-state index in [1.54, 1.807) is 0 Å². The number of hydrogen-bond donors (Lipinski definition) is 1. The van der Waals surface area contributed by atoms with Gasteiger partial charge < -0.3 is 5.32 Å². The van der Waals surface area contributed by atoms with Gasteiger partial charge in [0.2, 0.25) is 0 Å². The minimum Gasteiger partial charge on any atom is -0.314 e. The van der Waals surface area contributed by atoms with Crippen LogP contribution in [0.2, 0.25) is 0 Å². The summed E-state index contributed by atoms with van der Waals surface area (Å²) in [5.74, 6) is 0. The molecule has 0 aliphatic heterocycles. The highest BCUT2D eigenvalue weighted by atomic mass is 28.2. The van der Waals surface area contributed by atoms with E-state index >= 15 is 0 Å². The summed E-state index contributed by atoms with van der Waals surface area (Å²) >= 11 is 0. The van der Waals surface area contributed by atoms with Crippen molar-refractivity contribution in [1.82, 2.24) is 5.32 Å². The second-order valence-corrected chi connectivity index (χ2v) is 1.50. The monoisotopic (exact) mass is 85.0 g/mol. The maximum Gasteiger partial charge on any atom is 0.0336 e. The summed E-state index contributed by atoms with van der Waals surface area (Å²) in [6.45, 7) is 0. The molecule has 2 heteroatoms. The SMILES string of the molecule is C#[Si]CNC. The highest BCUT2D eigenvalue weighted by molar-refractivity contribution is 6.21. The average molecular weight is 85.2 g/mol. The fourth-order valence-electron chi connectivity index (χ4n) is 0.102. The van der Waals surface area contributed by atoms with Crippen molar-refractivity contribution >= 4 is 8.96 Å². The number of hydrogen-bond acceptors (Lipinski definition) is 1. The molecule has 0 aliphatic carbocycles. The minimum absolute atomic E-state index is 0.547. The fraction of sp³-hybridized carbons (Fsp3) is 0.667. The molecule has 0 aromatic rings. The molecule has 0 aromatic carbocycles. The lowest BCUT2D eigenvalue weighted by Crippen LogP contribution is -2.07. The van der Waals surface area contributed by atoms with Crippen LogP contribution in [-0.4, -0.2) is 22.2 Å². The number of nitrogens with one attached hydrogen (secondary N) is 1. The Bertz CT molecular complexity index is 45.3. The summed E-state index contributed by atoms with van der Waals surface area (Å²) < 4.78 is 0. The van der Waals surface area contributed by atoms with E-state index in [0.717, 1.165) is 6.17 Å². The van der Waals surface area contributed by atoms with Gasteiger partial charge in [0.05, 0.1) is 0 Å². The molecule has 1 nitrogen and oxygen atoms in total. The lowest BCUT2D eigenvalue weighted by molar-refractivity contribution is 0.973. The van der Waals surface area contributed by atoms with Gasteiger partial charge in [0.1, 0.15) is 0 Å². The van der Waals surface area contributed by atoms with Crippen molar-refractivity contribution in [2.24, 2.45) is 0 Å². The van der Waals surface area contributed by atoms with Crippen LogP contribution in [0, 0.1) is 6.00 Å². The van der Waals surface area contributed by atoms with E-state index in [4.69, 9.17) is 6.00 Å². The second-order valence-electron chi connectivity index (χ2n) is 0.734. The Balaban J connectivity index is 2.48. The summed E-state index contributed by atoms with van der Waals surface area (Å²) in [5, 5.41) is 2.90. The third-order valence-electron chi connectivity index (χ3n) is 0.279. The molecule has 5 heavy (non-hydrogen) atoms. The topological polar surface area (TPSA) is 12.0 Å². The van der Waals surface area contributed by atoms with Crippen LogP contribution >= 0.6 is 0 Å². The zero-order chi connectivity index (χ0) is 4.12. The molecule has 0 rings (SSSR count). The lowest BCUT2D eigenvalue weighted by Gasteiger charge is -1.76.